The molecule has 1 aliphatic rings. The number of amides is 3. The van der Waals surface area contributed by atoms with Crippen LogP contribution in [-0.4, -0.2) is 71.5 Å². The van der Waals surface area contributed by atoms with Crippen molar-refractivity contribution in [1.29, 1.82) is 0 Å². The van der Waals surface area contributed by atoms with E-state index in [1.165, 1.54) is 0 Å². The number of ether oxygens (including phenoxy) is 1. The summed E-state index contributed by atoms with van der Waals surface area (Å²) in [4.78, 5) is 33.4. The van der Waals surface area contributed by atoms with E-state index in [-0.39, 0.29) is 18.0 Å². The average molecular weight is 387 g/mol. The van der Waals surface area contributed by atoms with Gasteiger partial charge < -0.3 is 24.3 Å². The highest BCUT2D eigenvalue weighted by Crippen LogP contribution is 2.33. The number of carbonyl (C=O) groups is 2. The number of rotatable bonds is 7. The SMILES string of the molecule is CCOCCCNC(=O)c1nc(C2CCCN2C(=O)N(C)C)n2ccccc12. The van der Waals surface area contributed by atoms with Crippen LogP contribution < -0.4 is 5.32 Å². The zero-order valence-electron chi connectivity index (χ0n) is 16.9. The molecule has 8 heteroatoms. The number of pyridine rings is 1. The summed E-state index contributed by atoms with van der Waals surface area (Å²) in [6.07, 6.45) is 4.42. The highest BCUT2D eigenvalue weighted by Gasteiger charge is 2.34. The Kier molecular flexibility index (Phi) is 6.51. The van der Waals surface area contributed by atoms with E-state index in [1.807, 2.05) is 40.6 Å². The maximum Gasteiger partial charge on any atom is 0.320 e. The van der Waals surface area contributed by atoms with Crippen LogP contribution in [0.15, 0.2) is 24.4 Å². The molecule has 0 aliphatic carbocycles. The summed E-state index contributed by atoms with van der Waals surface area (Å²) in [5.74, 6) is 0.540. The second kappa shape index (κ2) is 9.05. The van der Waals surface area contributed by atoms with Crippen LogP contribution in [0, 0.1) is 0 Å². The van der Waals surface area contributed by atoms with Crippen LogP contribution in [-0.2, 0) is 4.74 Å². The molecule has 8 nitrogen and oxygen atoms in total. The molecule has 1 aliphatic heterocycles. The molecule has 1 atom stereocenters. The van der Waals surface area contributed by atoms with Gasteiger partial charge in [0.15, 0.2) is 5.69 Å². The summed E-state index contributed by atoms with van der Waals surface area (Å²) in [7, 11) is 3.50. The van der Waals surface area contributed by atoms with Gasteiger partial charge in [-0.05, 0) is 38.3 Å². The molecule has 0 aromatic carbocycles. The van der Waals surface area contributed by atoms with E-state index in [0.29, 0.717) is 32.0 Å². The van der Waals surface area contributed by atoms with Gasteiger partial charge in [0.1, 0.15) is 5.82 Å². The predicted octanol–water partition coefficient (Wildman–Crippen LogP) is 2.31. The monoisotopic (exact) mass is 387 g/mol. The van der Waals surface area contributed by atoms with Gasteiger partial charge in [0.05, 0.1) is 11.6 Å². The molecular formula is C20H29N5O3. The average Bonchev–Trinajstić information content (AvgIpc) is 3.31. The molecule has 152 valence electrons. The summed E-state index contributed by atoms with van der Waals surface area (Å²) >= 11 is 0. The predicted molar refractivity (Wildman–Crippen MR) is 106 cm³/mol. The lowest BCUT2D eigenvalue weighted by molar-refractivity contribution is 0.0941. The Hall–Kier alpha value is -2.61. The maximum absolute atomic E-state index is 12.7. The van der Waals surface area contributed by atoms with Crippen molar-refractivity contribution in [3.8, 4) is 0 Å². The van der Waals surface area contributed by atoms with Crippen LogP contribution in [0.25, 0.3) is 5.52 Å². The van der Waals surface area contributed by atoms with Crippen LogP contribution in [0.1, 0.15) is 48.5 Å². The van der Waals surface area contributed by atoms with E-state index in [1.54, 1.807) is 19.0 Å². The van der Waals surface area contributed by atoms with Gasteiger partial charge in [-0.3, -0.25) is 4.79 Å². The maximum atomic E-state index is 12.7. The molecule has 1 N–H and O–H groups in total. The van der Waals surface area contributed by atoms with Crippen molar-refractivity contribution in [2.24, 2.45) is 0 Å². The topological polar surface area (TPSA) is 79.2 Å². The van der Waals surface area contributed by atoms with Crippen molar-refractivity contribution in [2.75, 3.05) is 40.4 Å². The first kappa shape index (κ1) is 20.1. The van der Waals surface area contributed by atoms with E-state index >= 15 is 0 Å². The number of hydrogen-bond acceptors (Lipinski definition) is 4. The summed E-state index contributed by atoms with van der Waals surface area (Å²) in [5.41, 5.74) is 1.15. The normalized spacial score (nSPS) is 16.5. The molecule has 0 radical (unpaired) electrons. The Balaban J connectivity index is 1.84. The lowest BCUT2D eigenvalue weighted by atomic mass is 10.2. The molecular weight excluding hydrogens is 358 g/mol. The van der Waals surface area contributed by atoms with Crippen LogP contribution >= 0.6 is 0 Å². The molecule has 28 heavy (non-hydrogen) atoms. The lowest BCUT2D eigenvalue weighted by Gasteiger charge is -2.27. The van der Waals surface area contributed by atoms with Gasteiger partial charge in [-0.1, -0.05) is 6.07 Å². The number of likely N-dealkylation sites (tertiary alicyclic amines) is 1. The minimum atomic E-state index is -0.199. The van der Waals surface area contributed by atoms with Crippen LogP contribution in [0.3, 0.4) is 0 Å². The van der Waals surface area contributed by atoms with Crippen molar-refractivity contribution in [3.63, 3.8) is 0 Å². The number of carbonyl (C=O) groups excluding carboxylic acids is 2. The van der Waals surface area contributed by atoms with E-state index in [2.05, 4.69) is 10.3 Å². The summed E-state index contributed by atoms with van der Waals surface area (Å²) < 4.78 is 7.24. The number of nitrogens with one attached hydrogen (secondary N) is 1. The summed E-state index contributed by atoms with van der Waals surface area (Å²) in [6, 6.07) is 5.53. The first-order valence-corrected chi connectivity index (χ1v) is 9.85. The van der Waals surface area contributed by atoms with Crippen molar-refractivity contribution in [2.45, 2.75) is 32.2 Å². The van der Waals surface area contributed by atoms with Crippen LogP contribution in [0.2, 0.25) is 0 Å². The summed E-state index contributed by atoms with van der Waals surface area (Å²) in [6.45, 7) is 4.48. The second-order valence-corrected chi connectivity index (χ2v) is 7.11. The quantitative estimate of drug-likeness (QED) is 0.740. The number of imidazole rings is 1. The van der Waals surface area contributed by atoms with Crippen molar-refractivity contribution in [3.05, 3.63) is 35.9 Å². The lowest BCUT2D eigenvalue weighted by Crippen LogP contribution is -2.39. The van der Waals surface area contributed by atoms with Crippen LogP contribution in [0.4, 0.5) is 4.79 Å². The first-order chi connectivity index (χ1) is 13.5. The van der Waals surface area contributed by atoms with Gasteiger partial charge in [-0.15, -0.1) is 0 Å². The zero-order chi connectivity index (χ0) is 20.1. The Morgan fingerprint density at radius 2 is 2.18 bits per heavy atom. The Morgan fingerprint density at radius 3 is 2.93 bits per heavy atom. The van der Waals surface area contributed by atoms with E-state index in [0.717, 1.165) is 30.6 Å². The molecule has 0 saturated carbocycles. The zero-order valence-corrected chi connectivity index (χ0v) is 16.9. The molecule has 3 rings (SSSR count). The molecule has 0 bridgehead atoms. The Labute approximate surface area is 165 Å². The standard InChI is InChI=1S/C20H29N5O3/c1-4-28-14-8-11-21-19(26)17-15-9-5-6-12-24(15)18(22-17)16-10-7-13-25(16)20(27)23(2)3/h5-6,9,12,16H,4,7-8,10-11,13-14H2,1-3H3,(H,21,26). The largest absolute Gasteiger partial charge is 0.382 e. The molecule has 2 aromatic heterocycles. The molecule has 1 fully saturated rings. The van der Waals surface area contributed by atoms with E-state index in [4.69, 9.17) is 4.74 Å². The smallest absolute Gasteiger partial charge is 0.320 e. The van der Waals surface area contributed by atoms with Crippen molar-refractivity contribution in [1.82, 2.24) is 24.5 Å². The third kappa shape index (κ3) is 4.11. The third-order valence-electron chi connectivity index (χ3n) is 4.93. The number of hydrogen-bond donors (Lipinski definition) is 1. The Morgan fingerprint density at radius 1 is 1.36 bits per heavy atom. The number of fused-ring (bicyclic) bond motifs is 1. The first-order valence-electron chi connectivity index (χ1n) is 9.85. The van der Waals surface area contributed by atoms with Crippen molar-refractivity contribution >= 4 is 17.5 Å². The number of nitrogens with zero attached hydrogens (tertiary/aromatic N) is 4. The molecule has 3 amide bonds. The van der Waals surface area contributed by atoms with E-state index < -0.39 is 0 Å². The highest BCUT2D eigenvalue weighted by molar-refractivity contribution is 5.99. The second-order valence-electron chi connectivity index (χ2n) is 7.11. The van der Waals surface area contributed by atoms with Crippen molar-refractivity contribution < 1.29 is 14.3 Å². The van der Waals surface area contributed by atoms with Gasteiger partial charge in [0.25, 0.3) is 5.91 Å². The molecule has 1 unspecified atom stereocenters. The molecule has 0 spiro atoms. The van der Waals surface area contributed by atoms with Gasteiger partial charge >= 0.3 is 6.03 Å². The minimum absolute atomic E-state index is 0.0305. The third-order valence-corrected chi connectivity index (χ3v) is 4.93. The van der Waals surface area contributed by atoms with Gasteiger partial charge in [-0.25, -0.2) is 9.78 Å². The van der Waals surface area contributed by atoms with Gasteiger partial charge in [0, 0.05) is 46.6 Å². The number of aromatic nitrogens is 2. The Bertz CT molecular complexity index is 832. The van der Waals surface area contributed by atoms with Gasteiger partial charge in [0.2, 0.25) is 0 Å². The molecule has 2 aromatic rings. The molecule has 3 heterocycles. The summed E-state index contributed by atoms with van der Waals surface area (Å²) in [5, 5.41) is 2.92. The fourth-order valence-electron chi connectivity index (χ4n) is 3.59. The fourth-order valence-corrected chi connectivity index (χ4v) is 3.59. The minimum Gasteiger partial charge on any atom is -0.382 e. The number of urea groups is 1. The van der Waals surface area contributed by atoms with Crippen LogP contribution in [0.5, 0.6) is 0 Å². The van der Waals surface area contributed by atoms with E-state index in [9.17, 15) is 9.59 Å². The fraction of sp³-hybridized carbons (Fsp3) is 0.550. The van der Waals surface area contributed by atoms with Gasteiger partial charge in [-0.2, -0.15) is 0 Å². The highest BCUT2D eigenvalue weighted by atomic mass is 16.5. The molecule has 1 saturated heterocycles.